The number of halogens is 1. The lowest BCUT2D eigenvalue weighted by molar-refractivity contribution is 0.00578. The van der Waals surface area contributed by atoms with E-state index in [2.05, 4.69) is 15.9 Å². The Balaban J connectivity index is 0.000000208. The van der Waals surface area contributed by atoms with Gasteiger partial charge in [0, 0.05) is 27.9 Å². The molecule has 42 heavy (non-hydrogen) atoms. The summed E-state index contributed by atoms with van der Waals surface area (Å²) in [6.45, 7) is 11.8. The molecule has 1 aliphatic heterocycles. The zero-order valence-electron chi connectivity index (χ0n) is 24.3. The third kappa shape index (κ3) is 6.20. The van der Waals surface area contributed by atoms with Gasteiger partial charge in [0.2, 0.25) is 0 Å². The van der Waals surface area contributed by atoms with Crippen LogP contribution in [0, 0.1) is 0 Å². The first-order valence-corrected chi connectivity index (χ1v) is 14.2. The van der Waals surface area contributed by atoms with E-state index in [1.165, 1.54) is 20.9 Å². The molecule has 5 heterocycles. The number of hydrogen-bond acceptors (Lipinski definition) is 8. The van der Waals surface area contributed by atoms with Gasteiger partial charge in [0.25, 0.3) is 11.1 Å². The van der Waals surface area contributed by atoms with E-state index in [1.54, 1.807) is 50.5 Å². The lowest BCUT2D eigenvalue weighted by Gasteiger charge is -2.32. The van der Waals surface area contributed by atoms with Gasteiger partial charge in [-0.25, -0.2) is 9.59 Å². The molecule has 10 nitrogen and oxygen atoms in total. The molecular weight excluding hydrogens is 607 g/mol. The monoisotopic (exact) mass is 638 g/mol. The van der Waals surface area contributed by atoms with Crippen molar-refractivity contribution in [3.63, 3.8) is 0 Å². The van der Waals surface area contributed by atoms with Crippen LogP contribution >= 0.6 is 15.9 Å². The Morgan fingerprint density at radius 3 is 1.64 bits per heavy atom. The van der Waals surface area contributed by atoms with Crippen LogP contribution in [0.3, 0.4) is 0 Å². The van der Waals surface area contributed by atoms with Crippen LogP contribution in [-0.4, -0.2) is 52.3 Å². The number of pyridine rings is 4. The highest BCUT2D eigenvalue weighted by atomic mass is 79.9. The first-order valence-electron chi connectivity index (χ1n) is 13.5. The van der Waals surface area contributed by atoms with E-state index in [0.717, 1.165) is 9.99 Å². The first kappa shape index (κ1) is 31.2. The highest BCUT2D eigenvalue weighted by Gasteiger charge is 2.51. The summed E-state index contributed by atoms with van der Waals surface area (Å²) in [4.78, 5) is 48.2. The molecule has 5 rings (SSSR count). The van der Waals surface area contributed by atoms with Crippen LogP contribution < -0.4 is 16.6 Å². The molecular formula is C30H32BBrN2O8. The van der Waals surface area contributed by atoms with Gasteiger partial charge in [0.15, 0.2) is 0 Å². The predicted octanol–water partition coefficient (Wildman–Crippen LogP) is 4.01. The van der Waals surface area contributed by atoms with E-state index < -0.39 is 35.8 Å². The molecule has 1 saturated heterocycles. The second kappa shape index (κ2) is 12.2. The van der Waals surface area contributed by atoms with Crippen molar-refractivity contribution in [3.05, 3.63) is 97.2 Å². The maximum absolute atomic E-state index is 12.6. The van der Waals surface area contributed by atoms with Crippen molar-refractivity contribution in [2.24, 2.45) is 0 Å². The number of carbonyl (C=O) groups is 2. The van der Waals surface area contributed by atoms with Crippen LogP contribution in [0.2, 0.25) is 0 Å². The summed E-state index contributed by atoms with van der Waals surface area (Å²) in [6.07, 6.45) is 3.28. The van der Waals surface area contributed by atoms with Gasteiger partial charge < -0.3 is 18.8 Å². The molecule has 0 radical (unpaired) electrons. The Hall–Kier alpha value is -3.74. The molecule has 0 saturated carbocycles. The van der Waals surface area contributed by atoms with E-state index in [1.807, 2.05) is 39.8 Å². The summed E-state index contributed by atoms with van der Waals surface area (Å²) in [6, 6.07) is 13.7. The number of aromatic nitrogens is 2. The molecule has 4 aromatic rings. The lowest BCUT2D eigenvalue weighted by atomic mass is 9.80. The van der Waals surface area contributed by atoms with Gasteiger partial charge in [-0.3, -0.25) is 18.4 Å². The Morgan fingerprint density at radius 1 is 0.738 bits per heavy atom. The third-order valence-corrected chi connectivity index (χ3v) is 7.67. The summed E-state index contributed by atoms with van der Waals surface area (Å²) in [5, 5.41) is 0. The fourth-order valence-corrected chi connectivity index (χ4v) is 4.56. The molecule has 0 amide bonds. The maximum atomic E-state index is 12.6. The number of fused-ring (bicyclic) bond motifs is 2. The molecule has 1 aliphatic rings. The SMILES string of the molecule is CCOC(=O)c1ccc2ccc(B3OC(C)(C)C(C)(C)O3)cn2c1=O.CCOC(=O)c1ccc2ccc(Br)cn2c1=O. The molecule has 0 spiro atoms. The van der Waals surface area contributed by atoms with Crippen LogP contribution in [-0.2, 0) is 18.8 Å². The van der Waals surface area contributed by atoms with E-state index in [-0.39, 0.29) is 29.9 Å². The van der Waals surface area contributed by atoms with Crippen molar-refractivity contribution in [1.82, 2.24) is 8.80 Å². The highest BCUT2D eigenvalue weighted by Crippen LogP contribution is 2.36. The minimum atomic E-state index is -0.622. The Morgan fingerprint density at radius 2 is 1.17 bits per heavy atom. The summed E-state index contributed by atoms with van der Waals surface area (Å²) < 4.78 is 25.4. The second-order valence-corrected chi connectivity index (χ2v) is 11.4. The average Bonchev–Trinajstić information content (AvgIpc) is 3.16. The molecule has 0 unspecified atom stereocenters. The number of hydrogen-bond donors (Lipinski definition) is 0. The van der Waals surface area contributed by atoms with Crippen molar-refractivity contribution in [1.29, 1.82) is 0 Å². The van der Waals surface area contributed by atoms with Gasteiger partial charge in [-0.1, -0.05) is 6.07 Å². The Bertz CT molecular complexity index is 1760. The Kier molecular flexibility index (Phi) is 9.10. The van der Waals surface area contributed by atoms with Crippen LogP contribution in [0.25, 0.3) is 11.0 Å². The summed E-state index contributed by atoms with van der Waals surface area (Å²) >= 11 is 3.28. The van der Waals surface area contributed by atoms with E-state index in [9.17, 15) is 19.2 Å². The highest BCUT2D eigenvalue weighted by molar-refractivity contribution is 9.10. The second-order valence-electron chi connectivity index (χ2n) is 10.5. The minimum Gasteiger partial charge on any atom is -0.462 e. The molecule has 4 aromatic heterocycles. The lowest BCUT2D eigenvalue weighted by Crippen LogP contribution is -2.41. The number of esters is 2. The molecule has 1 fully saturated rings. The van der Waals surface area contributed by atoms with Crippen molar-refractivity contribution < 1.29 is 28.4 Å². The smallest absolute Gasteiger partial charge is 0.462 e. The van der Waals surface area contributed by atoms with Crippen molar-refractivity contribution in [3.8, 4) is 0 Å². The van der Waals surface area contributed by atoms with Gasteiger partial charge in [0.1, 0.15) is 11.1 Å². The van der Waals surface area contributed by atoms with Crippen LogP contribution in [0.4, 0.5) is 0 Å². The molecule has 0 aliphatic carbocycles. The number of rotatable bonds is 5. The zero-order valence-corrected chi connectivity index (χ0v) is 25.9. The van der Waals surface area contributed by atoms with Crippen LogP contribution in [0.5, 0.6) is 0 Å². The minimum absolute atomic E-state index is 0.00502. The number of carbonyl (C=O) groups excluding carboxylic acids is 2. The van der Waals surface area contributed by atoms with Gasteiger partial charge in [-0.15, -0.1) is 0 Å². The maximum Gasteiger partial charge on any atom is 0.496 e. The zero-order chi connectivity index (χ0) is 30.8. The fraction of sp³-hybridized carbons (Fsp3) is 0.333. The summed E-state index contributed by atoms with van der Waals surface area (Å²) in [5.74, 6) is -1.21. The standard InChI is InChI=1S/C18H22BNO5.C12H10BrNO3/c1-6-23-16(22)14-10-9-13-8-7-12(11-20(13)15(14)21)19-24-17(2,3)18(4,5)25-19;1-2-17-12(16)10-6-5-9-4-3-8(13)7-14(9)11(10)15/h7-11H,6H2,1-5H3;3-7H,2H2,1H3. The largest absolute Gasteiger partial charge is 0.496 e. The van der Waals surface area contributed by atoms with Gasteiger partial charge in [0.05, 0.1) is 24.4 Å². The van der Waals surface area contributed by atoms with E-state index in [0.29, 0.717) is 11.0 Å². The average molecular weight is 639 g/mol. The van der Waals surface area contributed by atoms with E-state index >= 15 is 0 Å². The topological polar surface area (TPSA) is 114 Å². The molecule has 220 valence electrons. The van der Waals surface area contributed by atoms with Crippen molar-refractivity contribution >= 4 is 51.5 Å². The third-order valence-electron chi connectivity index (χ3n) is 7.20. The van der Waals surface area contributed by atoms with Crippen molar-refractivity contribution in [2.45, 2.75) is 52.7 Å². The molecule has 12 heteroatoms. The number of nitrogens with zero attached hydrogens (tertiary/aromatic N) is 2. The van der Waals surface area contributed by atoms with Crippen LogP contribution in [0.15, 0.2) is 75.0 Å². The number of ether oxygens (including phenoxy) is 2. The first-order chi connectivity index (χ1) is 19.8. The Labute approximate surface area is 251 Å². The normalized spacial score (nSPS) is 15.3. The van der Waals surface area contributed by atoms with E-state index in [4.69, 9.17) is 18.8 Å². The molecule has 0 atom stereocenters. The van der Waals surface area contributed by atoms with Crippen LogP contribution in [0.1, 0.15) is 62.3 Å². The molecule has 0 aromatic carbocycles. The van der Waals surface area contributed by atoms with Gasteiger partial charge in [-0.2, -0.15) is 0 Å². The summed E-state index contributed by atoms with van der Waals surface area (Å²) in [7, 11) is -0.576. The fourth-order valence-electron chi connectivity index (χ4n) is 4.22. The summed E-state index contributed by atoms with van der Waals surface area (Å²) in [5.41, 5.74) is 0.442. The van der Waals surface area contributed by atoms with Gasteiger partial charge in [-0.05, 0) is 105 Å². The quantitative estimate of drug-likeness (QED) is 0.238. The van der Waals surface area contributed by atoms with Crippen molar-refractivity contribution in [2.75, 3.05) is 13.2 Å². The molecule has 0 N–H and O–H groups in total. The predicted molar refractivity (Wildman–Crippen MR) is 163 cm³/mol. The molecule has 0 bridgehead atoms. The van der Waals surface area contributed by atoms with Gasteiger partial charge >= 0.3 is 19.1 Å².